The van der Waals surface area contributed by atoms with E-state index >= 15 is 0 Å². The minimum atomic E-state index is 0.319. The molecule has 0 aromatic heterocycles. The molecular weight excluding hydrogens is 198 g/mol. The van der Waals surface area contributed by atoms with Crippen LogP contribution >= 0.6 is 0 Å². The van der Waals surface area contributed by atoms with Gasteiger partial charge in [-0.3, -0.25) is 9.69 Å². The van der Waals surface area contributed by atoms with Crippen LogP contribution in [0.3, 0.4) is 0 Å². The monoisotopic (exact) mass is 225 g/mol. The smallest absolute Gasteiger partial charge is 0.131 e. The van der Waals surface area contributed by atoms with Gasteiger partial charge in [0.25, 0.3) is 0 Å². The van der Waals surface area contributed by atoms with Crippen LogP contribution in [0.25, 0.3) is 0 Å². The van der Waals surface area contributed by atoms with Crippen LogP contribution in [0.4, 0.5) is 0 Å². The highest BCUT2D eigenvalue weighted by Crippen LogP contribution is 2.26. The summed E-state index contributed by atoms with van der Waals surface area (Å²) in [5.41, 5.74) is 0. The summed E-state index contributed by atoms with van der Waals surface area (Å²) in [5, 5.41) is 0. The molecule has 2 heteroatoms. The Morgan fingerprint density at radius 1 is 1.25 bits per heavy atom. The molecule has 0 amide bonds. The SMILES string of the molecule is CC(=O)CC(C)N(CC(C)C)C1CCCC1. The summed E-state index contributed by atoms with van der Waals surface area (Å²) in [7, 11) is 0. The molecular formula is C14H27NO. The molecule has 1 aliphatic carbocycles. The Labute approximate surface area is 100 Å². The molecule has 1 unspecified atom stereocenters. The largest absolute Gasteiger partial charge is 0.300 e. The zero-order valence-corrected chi connectivity index (χ0v) is 11.3. The van der Waals surface area contributed by atoms with Crippen LogP contribution < -0.4 is 0 Å². The predicted octanol–water partition coefficient (Wildman–Crippen LogP) is 3.25. The Bertz CT molecular complexity index is 219. The first-order valence-electron chi connectivity index (χ1n) is 6.76. The minimum Gasteiger partial charge on any atom is -0.300 e. The van der Waals surface area contributed by atoms with Gasteiger partial charge in [0.2, 0.25) is 0 Å². The summed E-state index contributed by atoms with van der Waals surface area (Å²) >= 11 is 0. The highest BCUT2D eigenvalue weighted by atomic mass is 16.1. The number of carbonyl (C=O) groups excluding carboxylic acids is 1. The van der Waals surface area contributed by atoms with Crippen molar-refractivity contribution >= 4 is 5.78 Å². The van der Waals surface area contributed by atoms with Gasteiger partial charge in [0, 0.05) is 25.0 Å². The normalized spacial score (nSPS) is 19.6. The van der Waals surface area contributed by atoms with Crippen LogP contribution in [-0.2, 0) is 4.79 Å². The van der Waals surface area contributed by atoms with E-state index in [-0.39, 0.29) is 0 Å². The van der Waals surface area contributed by atoms with Crippen molar-refractivity contribution in [3.63, 3.8) is 0 Å². The van der Waals surface area contributed by atoms with E-state index < -0.39 is 0 Å². The topological polar surface area (TPSA) is 20.3 Å². The van der Waals surface area contributed by atoms with Crippen molar-refractivity contribution in [2.45, 2.75) is 71.9 Å². The molecule has 0 aromatic rings. The zero-order chi connectivity index (χ0) is 12.1. The van der Waals surface area contributed by atoms with Gasteiger partial charge in [-0.15, -0.1) is 0 Å². The fraction of sp³-hybridized carbons (Fsp3) is 0.929. The lowest BCUT2D eigenvalue weighted by Gasteiger charge is -2.35. The first-order valence-corrected chi connectivity index (χ1v) is 6.76. The second-order valence-corrected chi connectivity index (χ2v) is 5.78. The Balaban J connectivity index is 2.57. The summed E-state index contributed by atoms with van der Waals surface area (Å²) in [5.74, 6) is 1.01. The van der Waals surface area contributed by atoms with Crippen molar-refractivity contribution in [3.05, 3.63) is 0 Å². The number of ketones is 1. The highest BCUT2D eigenvalue weighted by Gasteiger charge is 2.27. The van der Waals surface area contributed by atoms with E-state index in [1.165, 1.54) is 25.7 Å². The molecule has 1 fully saturated rings. The molecule has 0 N–H and O–H groups in total. The first-order chi connectivity index (χ1) is 7.50. The highest BCUT2D eigenvalue weighted by molar-refractivity contribution is 5.76. The Hall–Kier alpha value is -0.370. The molecule has 1 aliphatic rings. The Morgan fingerprint density at radius 3 is 2.25 bits per heavy atom. The Morgan fingerprint density at radius 2 is 1.81 bits per heavy atom. The molecule has 0 aromatic carbocycles. The number of hydrogen-bond donors (Lipinski definition) is 0. The van der Waals surface area contributed by atoms with Gasteiger partial charge in [0.05, 0.1) is 0 Å². The van der Waals surface area contributed by atoms with Crippen molar-refractivity contribution in [1.82, 2.24) is 4.90 Å². The minimum absolute atomic E-state index is 0.319. The second-order valence-electron chi connectivity index (χ2n) is 5.78. The van der Waals surface area contributed by atoms with Crippen molar-refractivity contribution < 1.29 is 4.79 Å². The number of hydrogen-bond acceptors (Lipinski definition) is 2. The van der Waals surface area contributed by atoms with E-state index in [0.717, 1.165) is 12.6 Å². The number of carbonyl (C=O) groups is 1. The van der Waals surface area contributed by atoms with Gasteiger partial charge in [-0.1, -0.05) is 26.7 Å². The molecule has 0 heterocycles. The molecule has 0 radical (unpaired) electrons. The van der Waals surface area contributed by atoms with Crippen molar-refractivity contribution in [2.75, 3.05) is 6.54 Å². The zero-order valence-electron chi connectivity index (χ0n) is 11.3. The van der Waals surface area contributed by atoms with Crippen LogP contribution in [0.2, 0.25) is 0 Å². The van der Waals surface area contributed by atoms with Gasteiger partial charge < -0.3 is 0 Å². The molecule has 16 heavy (non-hydrogen) atoms. The summed E-state index contributed by atoms with van der Waals surface area (Å²) in [6.07, 6.45) is 6.10. The molecule has 0 saturated heterocycles. The maximum Gasteiger partial charge on any atom is 0.131 e. The quantitative estimate of drug-likeness (QED) is 0.691. The third kappa shape index (κ3) is 4.25. The van der Waals surface area contributed by atoms with Gasteiger partial charge in [-0.25, -0.2) is 0 Å². The second kappa shape index (κ2) is 6.39. The molecule has 2 nitrogen and oxygen atoms in total. The summed E-state index contributed by atoms with van der Waals surface area (Å²) in [4.78, 5) is 13.8. The third-order valence-electron chi connectivity index (χ3n) is 3.52. The molecule has 1 rings (SSSR count). The maximum atomic E-state index is 11.2. The number of Topliss-reactive ketones (excluding diaryl/α,β-unsaturated/α-hetero) is 1. The summed E-state index contributed by atoms with van der Waals surface area (Å²) < 4.78 is 0. The standard InChI is InChI=1S/C14H27NO/c1-11(2)10-15(12(3)9-13(4)16)14-7-5-6-8-14/h11-12,14H,5-10H2,1-4H3. The van der Waals surface area contributed by atoms with Gasteiger partial charge >= 0.3 is 0 Å². The Kier molecular flexibility index (Phi) is 5.47. The van der Waals surface area contributed by atoms with E-state index in [4.69, 9.17) is 0 Å². The van der Waals surface area contributed by atoms with Gasteiger partial charge in [-0.2, -0.15) is 0 Å². The van der Waals surface area contributed by atoms with Crippen LogP contribution in [-0.4, -0.2) is 29.3 Å². The van der Waals surface area contributed by atoms with Crippen LogP contribution in [0.15, 0.2) is 0 Å². The lowest BCUT2D eigenvalue weighted by Crippen LogP contribution is -2.43. The first kappa shape index (κ1) is 13.7. The van der Waals surface area contributed by atoms with Crippen molar-refractivity contribution in [3.8, 4) is 0 Å². The van der Waals surface area contributed by atoms with E-state index in [0.29, 0.717) is 24.2 Å². The van der Waals surface area contributed by atoms with Crippen LogP contribution in [0.5, 0.6) is 0 Å². The summed E-state index contributed by atoms with van der Waals surface area (Å²) in [6, 6.07) is 1.15. The molecule has 94 valence electrons. The number of nitrogens with zero attached hydrogens (tertiary/aromatic N) is 1. The van der Waals surface area contributed by atoms with Gasteiger partial charge in [0.1, 0.15) is 5.78 Å². The average molecular weight is 225 g/mol. The number of rotatable bonds is 6. The van der Waals surface area contributed by atoms with E-state index in [9.17, 15) is 4.79 Å². The predicted molar refractivity (Wildman–Crippen MR) is 68.6 cm³/mol. The van der Waals surface area contributed by atoms with Gasteiger partial charge in [0.15, 0.2) is 0 Å². The maximum absolute atomic E-state index is 11.2. The van der Waals surface area contributed by atoms with Crippen molar-refractivity contribution in [2.24, 2.45) is 5.92 Å². The molecule has 0 spiro atoms. The average Bonchev–Trinajstić information content (AvgIpc) is 2.64. The van der Waals surface area contributed by atoms with E-state index in [1.807, 2.05) is 0 Å². The molecule has 1 saturated carbocycles. The summed E-state index contributed by atoms with van der Waals surface area (Å²) in [6.45, 7) is 9.59. The third-order valence-corrected chi connectivity index (χ3v) is 3.52. The lowest BCUT2D eigenvalue weighted by molar-refractivity contribution is -0.118. The molecule has 0 aliphatic heterocycles. The fourth-order valence-corrected chi connectivity index (χ4v) is 2.88. The van der Waals surface area contributed by atoms with E-state index in [1.54, 1.807) is 6.92 Å². The van der Waals surface area contributed by atoms with Crippen LogP contribution in [0, 0.1) is 5.92 Å². The lowest BCUT2D eigenvalue weighted by atomic mass is 10.0. The fourth-order valence-electron chi connectivity index (χ4n) is 2.88. The molecule has 0 bridgehead atoms. The van der Waals surface area contributed by atoms with Gasteiger partial charge in [-0.05, 0) is 32.6 Å². The molecule has 1 atom stereocenters. The van der Waals surface area contributed by atoms with Crippen LogP contribution in [0.1, 0.15) is 59.8 Å². The van der Waals surface area contributed by atoms with Crippen molar-refractivity contribution in [1.29, 1.82) is 0 Å². The van der Waals surface area contributed by atoms with E-state index in [2.05, 4.69) is 25.7 Å².